The van der Waals surface area contributed by atoms with Gasteiger partial charge in [-0.05, 0) is 50.2 Å². The lowest BCUT2D eigenvalue weighted by Gasteiger charge is -2.19. The number of aromatic nitrogens is 1. The molecule has 3 rings (SSSR count). The largest absolute Gasteiger partial charge is 0.465 e. The van der Waals surface area contributed by atoms with Crippen molar-refractivity contribution in [2.24, 2.45) is 0 Å². The summed E-state index contributed by atoms with van der Waals surface area (Å²) in [5, 5.41) is 1.36. The summed E-state index contributed by atoms with van der Waals surface area (Å²) in [6.07, 6.45) is 0. The Balaban J connectivity index is 2.26. The number of carbonyl (C=O) groups is 3. The minimum atomic E-state index is -0.377. The Labute approximate surface area is 190 Å². The van der Waals surface area contributed by atoms with Gasteiger partial charge in [0.15, 0.2) is 0 Å². The number of hydrogen-bond donors (Lipinski definition) is 0. The van der Waals surface area contributed by atoms with Crippen LogP contribution in [0.2, 0.25) is 5.02 Å². The van der Waals surface area contributed by atoms with E-state index in [1.807, 2.05) is 29.7 Å². The highest BCUT2D eigenvalue weighted by Gasteiger charge is 2.25. The molecule has 0 unspecified atom stereocenters. The van der Waals surface area contributed by atoms with Gasteiger partial charge < -0.3 is 9.30 Å². The molecule has 0 fully saturated rings. The van der Waals surface area contributed by atoms with Gasteiger partial charge in [-0.1, -0.05) is 29.4 Å². The van der Waals surface area contributed by atoms with Gasteiger partial charge in [0.1, 0.15) is 6.54 Å². The summed E-state index contributed by atoms with van der Waals surface area (Å²) in [5.74, 6) is -1.11. The maximum atomic E-state index is 12.3. The topological polar surface area (TPSA) is 68.6 Å². The Bertz CT molecular complexity index is 1140. The fourth-order valence-corrected chi connectivity index (χ4v) is 4.71. The van der Waals surface area contributed by atoms with Crippen molar-refractivity contribution in [1.82, 2.24) is 4.57 Å². The van der Waals surface area contributed by atoms with E-state index < -0.39 is 0 Å². The van der Waals surface area contributed by atoms with E-state index in [-0.39, 0.29) is 30.9 Å². The third kappa shape index (κ3) is 4.78. The van der Waals surface area contributed by atoms with Gasteiger partial charge in [-0.15, -0.1) is 0 Å². The van der Waals surface area contributed by atoms with Crippen LogP contribution in [0.3, 0.4) is 0 Å². The number of carbonyl (C=O) groups excluding carboxylic acids is 3. The van der Waals surface area contributed by atoms with Crippen molar-refractivity contribution in [2.75, 3.05) is 11.5 Å². The van der Waals surface area contributed by atoms with Crippen molar-refractivity contribution in [3.05, 3.63) is 53.2 Å². The van der Waals surface area contributed by atoms with Gasteiger partial charge >= 0.3 is 5.97 Å². The van der Waals surface area contributed by atoms with E-state index in [0.717, 1.165) is 31.3 Å². The molecular weight excluding hydrogens is 436 g/mol. The number of amides is 2. The molecule has 1 aromatic heterocycles. The summed E-state index contributed by atoms with van der Waals surface area (Å²) in [5.41, 5.74) is 2.06. The van der Waals surface area contributed by atoms with Gasteiger partial charge in [-0.2, -0.15) is 0 Å². The zero-order chi connectivity index (χ0) is 22.7. The van der Waals surface area contributed by atoms with E-state index in [0.29, 0.717) is 10.7 Å². The highest BCUT2D eigenvalue weighted by molar-refractivity contribution is 7.99. The van der Waals surface area contributed by atoms with Crippen LogP contribution in [0.1, 0.15) is 26.5 Å². The first-order valence-electron chi connectivity index (χ1n) is 9.76. The fourth-order valence-electron chi connectivity index (χ4n) is 3.50. The Hall–Kier alpha value is -2.77. The van der Waals surface area contributed by atoms with Crippen LogP contribution in [0.4, 0.5) is 5.69 Å². The minimum Gasteiger partial charge on any atom is -0.465 e. The SMILES string of the molecule is CCOC(=O)Cn1c(C)c(Sc2ccc(Cl)cc2)c2c(N(C(C)=O)C(C)=O)cccc21. The van der Waals surface area contributed by atoms with Crippen molar-refractivity contribution < 1.29 is 19.1 Å². The molecule has 31 heavy (non-hydrogen) atoms. The molecule has 2 amide bonds. The molecule has 0 saturated carbocycles. The molecule has 0 bridgehead atoms. The number of rotatable bonds is 6. The number of nitrogens with zero attached hydrogens (tertiary/aromatic N) is 2. The predicted molar refractivity (Wildman–Crippen MR) is 123 cm³/mol. The van der Waals surface area contributed by atoms with Crippen LogP contribution < -0.4 is 4.90 Å². The first-order chi connectivity index (χ1) is 14.7. The first kappa shape index (κ1) is 22.9. The van der Waals surface area contributed by atoms with Gasteiger partial charge in [0.2, 0.25) is 11.8 Å². The van der Waals surface area contributed by atoms with Crippen LogP contribution in [0, 0.1) is 6.92 Å². The quantitative estimate of drug-likeness (QED) is 0.474. The number of fused-ring (bicyclic) bond motifs is 1. The maximum Gasteiger partial charge on any atom is 0.325 e. The molecule has 0 saturated heterocycles. The molecule has 0 aliphatic heterocycles. The number of esters is 1. The molecule has 0 atom stereocenters. The molecule has 0 aliphatic rings. The molecule has 2 aromatic carbocycles. The van der Waals surface area contributed by atoms with Crippen molar-refractivity contribution in [1.29, 1.82) is 0 Å². The van der Waals surface area contributed by atoms with Crippen molar-refractivity contribution in [3.8, 4) is 0 Å². The molecule has 0 radical (unpaired) electrons. The summed E-state index contributed by atoms with van der Waals surface area (Å²) < 4.78 is 7.00. The van der Waals surface area contributed by atoms with E-state index >= 15 is 0 Å². The lowest BCUT2D eigenvalue weighted by Crippen LogP contribution is -2.33. The molecule has 3 aromatic rings. The second-order valence-electron chi connectivity index (χ2n) is 6.91. The van der Waals surface area contributed by atoms with Gasteiger partial charge in [0.05, 0.1) is 17.8 Å². The van der Waals surface area contributed by atoms with Crippen molar-refractivity contribution in [2.45, 2.75) is 44.0 Å². The summed E-state index contributed by atoms with van der Waals surface area (Å²) in [6.45, 7) is 6.70. The molecule has 162 valence electrons. The minimum absolute atomic E-state index is 0.0287. The van der Waals surface area contributed by atoms with Gasteiger partial charge in [-0.3, -0.25) is 19.3 Å². The zero-order valence-electron chi connectivity index (χ0n) is 17.8. The first-order valence-corrected chi connectivity index (χ1v) is 11.0. The molecule has 0 aliphatic carbocycles. The van der Waals surface area contributed by atoms with E-state index in [9.17, 15) is 14.4 Å². The summed E-state index contributed by atoms with van der Waals surface area (Å²) in [7, 11) is 0. The van der Waals surface area contributed by atoms with Crippen LogP contribution in [0.5, 0.6) is 0 Å². The number of anilines is 1. The Kier molecular flexibility index (Phi) is 7.08. The van der Waals surface area contributed by atoms with Crippen molar-refractivity contribution >= 4 is 57.7 Å². The second kappa shape index (κ2) is 9.58. The van der Waals surface area contributed by atoms with Crippen LogP contribution in [0.25, 0.3) is 10.9 Å². The van der Waals surface area contributed by atoms with E-state index in [4.69, 9.17) is 16.3 Å². The molecule has 8 heteroatoms. The molecule has 6 nitrogen and oxygen atoms in total. The van der Waals surface area contributed by atoms with Crippen LogP contribution in [-0.4, -0.2) is 29.0 Å². The second-order valence-corrected chi connectivity index (χ2v) is 8.43. The van der Waals surface area contributed by atoms with Gasteiger partial charge in [0, 0.05) is 39.7 Å². The monoisotopic (exact) mass is 458 g/mol. The highest BCUT2D eigenvalue weighted by Crippen LogP contribution is 2.43. The number of ether oxygens (including phenoxy) is 1. The molecule has 1 heterocycles. The predicted octanol–water partition coefficient (Wildman–Crippen LogP) is 5.22. The Morgan fingerprint density at radius 2 is 1.71 bits per heavy atom. The van der Waals surface area contributed by atoms with E-state index in [2.05, 4.69) is 0 Å². The summed E-state index contributed by atoms with van der Waals surface area (Å²) in [6, 6.07) is 12.8. The highest BCUT2D eigenvalue weighted by atomic mass is 35.5. The van der Waals surface area contributed by atoms with Gasteiger partial charge in [-0.25, -0.2) is 0 Å². The number of hydrogen-bond acceptors (Lipinski definition) is 5. The van der Waals surface area contributed by atoms with Crippen LogP contribution >= 0.6 is 23.4 Å². The maximum absolute atomic E-state index is 12.3. The molecule has 0 N–H and O–H groups in total. The Morgan fingerprint density at radius 1 is 1.06 bits per heavy atom. The van der Waals surface area contributed by atoms with Crippen LogP contribution in [-0.2, 0) is 25.7 Å². The molecular formula is C23H23ClN2O4S. The summed E-state index contributed by atoms with van der Waals surface area (Å²) >= 11 is 7.51. The van der Waals surface area contributed by atoms with Crippen LogP contribution in [0.15, 0.2) is 52.3 Å². The molecule has 0 spiro atoms. The number of imide groups is 1. The van der Waals surface area contributed by atoms with E-state index in [1.165, 1.54) is 25.6 Å². The average molecular weight is 459 g/mol. The van der Waals surface area contributed by atoms with E-state index in [1.54, 1.807) is 31.2 Å². The van der Waals surface area contributed by atoms with Gasteiger partial charge in [0.25, 0.3) is 0 Å². The summed E-state index contributed by atoms with van der Waals surface area (Å²) in [4.78, 5) is 39.8. The Morgan fingerprint density at radius 3 is 2.29 bits per heavy atom. The smallest absolute Gasteiger partial charge is 0.325 e. The normalized spacial score (nSPS) is 10.9. The average Bonchev–Trinajstić information content (AvgIpc) is 2.96. The fraction of sp³-hybridized carbons (Fsp3) is 0.261. The standard InChI is InChI=1S/C23H23ClN2O4S/c1-5-30-21(29)13-25-14(2)23(31-18-11-9-17(24)10-12-18)22-19(25)7-6-8-20(22)26(15(3)27)16(4)28/h6-12H,5,13H2,1-4H3. The zero-order valence-corrected chi connectivity index (χ0v) is 19.3. The third-order valence-electron chi connectivity index (χ3n) is 4.77. The number of benzene rings is 2. The van der Waals surface area contributed by atoms with Crippen molar-refractivity contribution in [3.63, 3.8) is 0 Å². The lowest BCUT2D eigenvalue weighted by atomic mass is 10.2. The lowest BCUT2D eigenvalue weighted by molar-refractivity contribution is -0.143. The third-order valence-corrected chi connectivity index (χ3v) is 6.23. The number of halogens is 1.